The van der Waals surface area contributed by atoms with Crippen molar-refractivity contribution in [3.05, 3.63) is 35.5 Å². The van der Waals surface area contributed by atoms with Gasteiger partial charge in [0.15, 0.2) is 15.6 Å². The highest BCUT2D eigenvalue weighted by Gasteiger charge is 2.26. The van der Waals surface area contributed by atoms with E-state index in [2.05, 4.69) is 4.98 Å². The molecular formula is C13H12N2O3S. The van der Waals surface area contributed by atoms with Crippen LogP contribution in [0.3, 0.4) is 0 Å². The van der Waals surface area contributed by atoms with Crippen LogP contribution in [0.4, 0.5) is 0 Å². The Morgan fingerprint density at radius 2 is 2.11 bits per heavy atom. The zero-order valence-corrected chi connectivity index (χ0v) is 11.3. The van der Waals surface area contributed by atoms with Crippen molar-refractivity contribution in [2.75, 3.05) is 6.26 Å². The molecule has 0 saturated heterocycles. The molecule has 1 N–H and O–H groups in total. The lowest BCUT2D eigenvalue weighted by atomic mass is 10.1. The first-order chi connectivity index (χ1) is 8.84. The van der Waals surface area contributed by atoms with Crippen LogP contribution in [0.1, 0.15) is 22.8 Å². The number of sulfone groups is 1. The Bertz CT molecular complexity index is 797. The van der Waals surface area contributed by atoms with Gasteiger partial charge in [-0.15, -0.1) is 0 Å². The topological polar surface area (TPSA) is 90.8 Å². The van der Waals surface area contributed by atoms with Crippen molar-refractivity contribution in [3.63, 3.8) is 0 Å². The molecule has 2 rings (SSSR count). The smallest absolute Gasteiger partial charge is 0.182 e. The van der Waals surface area contributed by atoms with Crippen molar-refractivity contribution in [1.29, 1.82) is 5.26 Å². The SMILES string of the molecule is CC(C(=O)c1c[nH]c2cc(C#N)ccc12)S(C)(=O)=O. The van der Waals surface area contributed by atoms with Gasteiger partial charge in [-0.25, -0.2) is 8.42 Å². The average Bonchev–Trinajstić information content (AvgIpc) is 2.78. The molecule has 0 spiro atoms. The van der Waals surface area contributed by atoms with E-state index < -0.39 is 20.9 Å². The second-order valence-electron chi connectivity index (χ2n) is 4.41. The summed E-state index contributed by atoms with van der Waals surface area (Å²) in [5.41, 5.74) is 1.45. The Labute approximate surface area is 110 Å². The van der Waals surface area contributed by atoms with Crippen molar-refractivity contribution in [2.45, 2.75) is 12.2 Å². The van der Waals surface area contributed by atoms with Gasteiger partial charge in [0.2, 0.25) is 0 Å². The van der Waals surface area contributed by atoms with Crippen LogP contribution in [0, 0.1) is 11.3 Å². The quantitative estimate of drug-likeness (QED) is 0.863. The molecular weight excluding hydrogens is 264 g/mol. The lowest BCUT2D eigenvalue weighted by Crippen LogP contribution is -2.26. The Morgan fingerprint density at radius 1 is 1.42 bits per heavy atom. The Hall–Kier alpha value is -2.13. The summed E-state index contributed by atoms with van der Waals surface area (Å²) in [7, 11) is -3.43. The molecule has 0 fully saturated rings. The van der Waals surface area contributed by atoms with Crippen molar-refractivity contribution in [2.24, 2.45) is 0 Å². The molecule has 0 aliphatic heterocycles. The molecule has 5 nitrogen and oxygen atoms in total. The number of hydrogen-bond donors (Lipinski definition) is 1. The van der Waals surface area contributed by atoms with Crippen LogP contribution in [0.5, 0.6) is 0 Å². The van der Waals surface area contributed by atoms with Crippen LogP contribution in [0.15, 0.2) is 24.4 Å². The van der Waals surface area contributed by atoms with Crippen LogP contribution in [0.2, 0.25) is 0 Å². The number of fused-ring (bicyclic) bond motifs is 1. The van der Waals surface area contributed by atoms with E-state index in [1.165, 1.54) is 13.1 Å². The van der Waals surface area contributed by atoms with E-state index in [0.29, 0.717) is 22.0 Å². The minimum atomic E-state index is -3.43. The third-order valence-corrected chi connectivity index (χ3v) is 4.59. The van der Waals surface area contributed by atoms with Gasteiger partial charge in [0.25, 0.3) is 0 Å². The molecule has 6 heteroatoms. The molecule has 1 atom stereocenters. The zero-order valence-electron chi connectivity index (χ0n) is 10.5. The van der Waals surface area contributed by atoms with Gasteiger partial charge >= 0.3 is 0 Å². The number of rotatable bonds is 3. The lowest BCUT2D eigenvalue weighted by molar-refractivity contribution is 0.0993. The lowest BCUT2D eigenvalue weighted by Gasteiger charge is -2.07. The maximum Gasteiger partial charge on any atom is 0.182 e. The van der Waals surface area contributed by atoms with Crippen molar-refractivity contribution < 1.29 is 13.2 Å². The molecule has 1 aromatic heterocycles. The summed E-state index contributed by atoms with van der Waals surface area (Å²) in [4.78, 5) is 15.0. The minimum absolute atomic E-state index is 0.331. The predicted molar refractivity (Wildman–Crippen MR) is 71.7 cm³/mol. The van der Waals surface area contributed by atoms with E-state index in [9.17, 15) is 13.2 Å². The Balaban J connectivity index is 2.53. The average molecular weight is 276 g/mol. The largest absolute Gasteiger partial charge is 0.360 e. The molecule has 0 aliphatic carbocycles. The number of nitriles is 1. The van der Waals surface area contributed by atoms with Crippen LogP contribution in [-0.4, -0.2) is 30.7 Å². The summed E-state index contributed by atoms with van der Waals surface area (Å²) in [6.07, 6.45) is 2.52. The number of aromatic nitrogens is 1. The molecule has 0 saturated carbocycles. The van der Waals surface area contributed by atoms with E-state index in [-0.39, 0.29) is 0 Å². The number of nitrogens with one attached hydrogen (secondary N) is 1. The van der Waals surface area contributed by atoms with Gasteiger partial charge in [-0.3, -0.25) is 4.79 Å². The molecule has 19 heavy (non-hydrogen) atoms. The van der Waals surface area contributed by atoms with Gasteiger partial charge in [-0.2, -0.15) is 5.26 Å². The number of aromatic amines is 1. The van der Waals surface area contributed by atoms with Gasteiger partial charge in [0, 0.05) is 28.9 Å². The van der Waals surface area contributed by atoms with Gasteiger partial charge < -0.3 is 4.98 Å². The number of Topliss-reactive ketones (excluding diaryl/α,β-unsaturated/α-hetero) is 1. The number of ketones is 1. The fourth-order valence-electron chi connectivity index (χ4n) is 1.81. The van der Waals surface area contributed by atoms with Gasteiger partial charge in [-0.1, -0.05) is 6.07 Å². The second-order valence-corrected chi connectivity index (χ2v) is 6.78. The highest BCUT2D eigenvalue weighted by atomic mass is 32.2. The maximum atomic E-state index is 12.2. The zero-order chi connectivity index (χ0) is 14.2. The molecule has 0 radical (unpaired) electrons. The molecule has 1 heterocycles. The first-order valence-corrected chi connectivity index (χ1v) is 7.54. The number of benzene rings is 1. The van der Waals surface area contributed by atoms with Crippen LogP contribution in [-0.2, 0) is 9.84 Å². The Morgan fingerprint density at radius 3 is 2.68 bits per heavy atom. The number of carbonyl (C=O) groups excluding carboxylic acids is 1. The standard InChI is InChI=1S/C13H12N2O3S/c1-8(19(2,17)18)13(16)11-7-15-12-5-9(6-14)3-4-10(11)12/h3-5,7-8,15H,1-2H3. The summed E-state index contributed by atoms with van der Waals surface area (Å²) in [6, 6.07) is 6.87. The summed E-state index contributed by atoms with van der Waals surface area (Å²) < 4.78 is 22.9. The molecule has 0 bridgehead atoms. The fraction of sp³-hybridized carbons (Fsp3) is 0.231. The fourth-order valence-corrected chi connectivity index (χ4v) is 2.33. The molecule has 2 aromatic rings. The molecule has 0 aliphatic rings. The minimum Gasteiger partial charge on any atom is -0.360 e. The number of nitrogens with zero attached hydrogens (tertiary/aromatic N) is 1. The second kappa shape index (κ2) is 4.52. The highest BCUT2D eigenvalue weighted by Crippen LogP contribution is 2.22. The van der Waals surface area contributed by atoms with E-state index in [0.717, 1.165) is 6.26 Å². The summed E-state index contributed by atoms with van der Waals surface area (Å²) in [6.45, 7) is 1.38. The van der Waals surface area contributed by atoms with Crippen LogP contribution < -0.4 is 0 Å². The Kier molecular flexibility index (Phi) is 3.16. The highest BCUT2D eigenvalue weighted by molar-refractivity contribution is 7.92. The maximum absolute atomic E-state index is 12.2. The molecule has 1 aromatic carbocycles. The third kappa shape index (κ3) is 2.37. The predicted octanol–water partition coefficient (Wildman–Crippen LogP) is 1.66. The molecule has 0 amide bonds. The van der Waals surface area contributed by atoms with Crippen molar-refractivity contribution >= 4 is 26.5 Å². The first-order valence-electron chi connectivity index (χ1n) is 5.59. The van der Waals surface area contributed by atoms with Crippen molar-refractivity contribution in [3.8, 4) is 6.07 Å². The van der Waals surface area contributed by atoms with Crippen molar-refractivity contribution in [1.82, 2.24) is 4.98 Å². The van der Waals surface area contributed by atoms with E-state index >= 15 is 0 Å². The normalized spacial score (nSPS) is 13.1. The van der Waals surface area contributed by atoms with Gasteiger partial charge in [0.05, 0.1) is 11.6 Å². The number of H-pyrrole nitrogens is 1. The summed E-state index contributed by atoms with van der Waals surface area (Å²) >= 11 is 0. The van der Waals surface area contributed by atoms with E-state index in [1.807, 2.05) is 6.07 Å². The molecule has 1 unspecified atom stereocenters. The summed E-state index contributed by atoms with van der Waals surface area (Å²) in [5.74, 6) is -0.446. The van der Waals surface area contributed by atoms with Crippen LogP contribution in [0.25, 0.3) is 10.9 Å². The first kappa shape index (κ1) is 13.3. The van der Waals surface area contributed by atoms with Gasteiger partial charge in [0.1, 0.15) is 5.25 Å². The number of carbonyl (C=O) groups is 1. The molecule has 98 valence electrons. The van der Waals surface area contributed by atoms with E-state index in [1.54, 1.807) is 18.2 Å². The number of hydrogen-bond acceptors (Lipinski definition) is 4. The van der Waals surface area contributed by atoms with E-state index in [4.69, 9.17) is 5.26 Å². The van der Waals surface area contributed by atoms with Crippen LogP contribution >= 0.6 is 0 Å². The summed E-state index contributed by atoms with van der Waals surface area (Å²) in [5, 5.41) is 8.34. The van der Waals surface area contributed by atoms with Gasteiger partial charge in [-0.05, 0) is 19.1 Å². The monoisotopic (exact) mass is 276 g/mol. The third-order valence-electron chi connectivity index (χ3n) is 3.09.